The number of carbonyl (C=O) groups is 4. The molecule has 2 aromatic heterocycles. The number of carbonyl (C=O) groups excluding carboxylic acids is 2. The van der Waals surface area contributed by atoms with Crippen LogP contribution in [0.3, 0.4) is 0 Å². The third-order valence-corrected chi connectivity index (χ3v) is 10.1. The lowest BCUT2D eigenvalue weighted by molar-refractivity contribution is -0.150. The molecular weight excluding hydrogens is 645 g/mol. The van der Waals surface area contributed by atoms with Gasteiger partial charge in [-0.2, -0.15) is 0 Å². The molecule has 1 aromatic carbocycles. The van der Waals surface area contributed by atoms with Crippen molar-refractivity contribution in [2.75, 3.05) is 23.8 Å². The molecule has 43 heavy (non-hydrogen) atoms. The summed E-state index contributed by atoms with van der Waals surface area (Å²) in [7, 11) is 0. The van der Waals surface area contributed by atoms with Crippen molar-refractivity contribution in [3.63, 3.8) is 0 Å². The molecule has 1 fully saturated rings. The van der Waals surface area contributed by atoms with E-state index in [1.54, 1.807) is 11.4 Å². The third-order valence-electron chi connectivity index (χ3n) is 5.98. The van der Waals surface area contributed by atoms with Crippen molar-refractivity contribution in [3.05, 3.63) is 45.9 Å². The van der Waals surface area contributed by atoms with E-state index < -0.39 is 47.5 Å². The summed E-state index contributed by atoms with van der Waals surface area (Å²) in [5.74, 6) is -4.15. The predicted octanol–water partition coefficient (Wildman–Crippen LogP) is 1.60. The molecule has 2 amide bonds. The molecule has 2 aliphatic heterocycles. The Kier molecular flexibility index (Phi) is 8.76. The number of nitrogens with one attached hydrogen (secondary N) is 1. The largest absolute Gasteiger partial charge is 0.504 e. The van der Waals surface area contributed by atoms with Crippen LogP contribution in [-0.2, 0) is 24.0 Å². The van der Waals surface area contributed by atoms with Gasteiger partial charge in [-0.25, -0.2) is 19.6 Å². The molecule has 2 atom stereocenters. The van der Waals surface area contributed by atoms with Crippen molar-refractivity contribution in [1.82, 2.24) is 20.2 Å². The maximum atomic E-state index is 13.1. The molecule has 2 aliphatic rings. The van der Waals surface area contributed by atoms with Crippen LogP contribution in [0.1, 0.15) is 5.69 Å². The Hall–Kier alpha value is -4.33. The first kappa shape index (κ1) is 30.1. The minimum atomic E-state index is -1.32. The van der Waals surface area contributed by atoms with Crippen molar-refractivity contribution >= 4 is 80.8 Å². The molecule has 4 heterocycles. The minimum Gasteiger partial charge on any atom is -0.504 e. The zero-order chi connectivity index (χ0) is 30.8. The number of carboxylic acid groups (broad SMARTS) is 2. The minimum absolute atomic E-state index is 0.0169. The number of oxime groups is 1. The second-order valence-corrected chi connectivity index (χ2v) is 12.9. The van der Waals surface area contributed by atoms with Gasteiger partial charge in [0.15, 0.2) is 26.7 Å². The molecule has 224 valence electrons. The monoisotopic (exact) mass is 664 g/mol. The molecule has 7 N–H and O–H groups in total. The maximum Gasteiger partial charge on any atom is 0.352 e. The molecule has 0 aliphatic carbocycles. The number of hydrogen-bond donors (Lipinski definition) is 6. The fourth-order valence-electron chi connectivity index (χ4n) is 4.04. The van der Waals surface area contributed by atoms with Crippen molar-refractivity contribution in [3.8, 4) is 22.8 Å². The molecule has 3 aromatic rings. The van der Waals surface area contributed by atoms with E-state index in [4.69, 9.17) is 15.7 Å². The van der Waals surface area contributed by atoms with Gasteiger partial charge in [-0.1, -0.05) is 16.9 Å². The quantitative estimate of drug-likeness (QED) is 0.0561. The number of phenolic OH excluding ortho intramolecular Hbond substituents is 2. The zero-order valence-electron chi connectivity index (χ0n) is 21.5. The maximum absolute atomic E-state index is 13.1. The Labute approximate surface area is 258 Å². The highest BCUT2D eigenvalue weighted by atomic mass is 32.2. The highest BCUT2D eigenvalue weighted by Gasteiger charge is 2.54. The molecule has 0 unspecified atom stereocenters. The fraction of sp³-hybridized carbons (Fsp3) is 0.208. The normalized spacial score (nSPS) is 18.2. The Morgan fingerprint density at radius 2 is 1.95 bits per heavy atom. The molecule has 19 heteroatoms. The smallest absolute Gasteiger partial charge is 0.352 e. The number of fused-ring (bicyclic) bond motifs is 1. The Balaban J connectivity index is 1.28. The lowest BCUT2D eigenvalue weighted by Gasteiger charge is -2.49. The Morgan fingerprint density at radius 1 is 1.16 bits per heavy atom. The number of anilines is 1. The number of rotatable bonds is 11. The van der Waals surface area contributed by atoms with Crippen LogP contribution in [0.5, 0.6) is 11.5 Å². The van der Waals surface area contributed by atoms with Gasteiger partial charge in [-0.05, 0) is 23.8 Å². The molecule has 0 saturated carbocycles. The first-order valence-electron chi connectivity index (χ1n) is 12.0. The molecule has 0 radical (unpaired) electrons. The van der Waals surface area contributed by atoms with Crippen LogP contribution in [0, 0.1) is 0 Å². The number of amides is 2. The number of aromatic nitrogens is 2. The van der Waals surface area contributed by atoms with Crippen molar-refractivity contribution in [2.24, 2.45) is 5.16 Å². The topological polar surface area (TPSA) is 238 Å². The molecule has 15 nitrogen and oxygen atoms in total. The number of β-lactam (4-membered cyclic amide) rings is 1. The van der Waals surface area contributed by atoms with Gasteiger partial charge in [-0.3, -0.25) is 14.5 Å². The van der Waals surface area contributed by atoms with Gasteiger partial charge in [0.05, 0.1) is 5.69 Å². The van der Waals surface area contributed by atoms with E-state index in [1.807, 2.05) is 0 Å². The number of nitrogens with zero attached hydrogens (tertiary/aromatic N) is 4. The zero-order valence-corrected chi connectivity index (χ0v) is 24.8. The Morgan fingerprint density at radius 3 is 2.63 bits per heavy atom. The molecule has 1 saturated heterocycles. The first-order chi connectivity index (χ1) is 20.5. The van der Waals surface area contributed by atoms with Gasteiger partial charge >= 0.3 is 11.9 Å². The summed E-state index contributed by atoms with van der Waals surface area (Å²) in [5.41, 5.74) is 6.76. The number of carboxylic acids is 2. The number of hydrogen-bond acceptors (Lipinski definition) is 15. The second-order valence-electron chi connectivity index (χ2n) is 8.79. The lowest BCUT2D eigenvalue weighted by Crippen LogP contribution is -2.71. The van der Waals surface area contributed by atoms with E-state index in [0.29, 0.717) is 21.2 Å². The summed E-state index contributed by atoms with van der Waals surface area (Å²) in [6, 6.07) is 3.27. The highest BCUT2D eigenvalue weighted by Crippen LogP contribution is 2.42. The average molecular weight is 665 g/mol. The van der Waals surface area contributed by atoms with Gasteiger partial charge < -0.3 is 36.3 Å². The van der Waals surface area contributed by atoms with Gasteiger partial charge in [0.25, 0.3) is 11.8 Å². The summed E-state index contributed by atoms with van der Waals surface area (Å²) >= 11 is 4.90. The first-order valence-corrected chi connectivity index (χ1v) is 15.8. The van der Waals surface area contributed by atoms with Crippen molar-refractivity contribution < 1.29 is 44.4 Å². The number of aliphatic carboxylic acids is 2. The standard InChI is InChI=1S/C24H20N6O9S4/c25-23-26-12(8-41-23)16(29-39-4-15(33)34)19(35)28-17-20(36)30-18(22(37)38)10(5-40-21(17)30)6-42-24-27-11(7-43-24)9-1-2-13(31)14(32)3-9/h1-3,7-8,17,21,31-32H,4-6H2,(H2,25,26)(H,28,35)(H,33,34)(H,37,38)/t17-,21+/m1/s1. The molecule has 0 spiro atoms. The number of benzene rings is 1. The van der Waals surface area contributed by atoms with Crippen LogP contribution >= 0.6 is 46.2 Å². The van der Waals surface area contributed by atoms with Crippen LogP contribution in [0.4, 0.5) is 5.13 Å². The molecular formula is C24H20N6O9S4. The van der Waals surface area contributed by atoms with E-state index in [9.17, 15) is 34.5 Å². The van der Waals surface area contributed by atoms with Gasteiger partial charge in [-0.15, -0.1) is 34.4 Å². The van der Waals surface area contributed by atoms with Gasteiger partial charge in [0.2, 0.25) is 6.61 Å². The van der Waals surface area contributed by atoms with Crippen LogP contribution in [0.25, 0.3) is 11.3 Å². The number of thiazole rings is 2. The van der Waals surface area contributed by atoms with Crippen LogP contribution in [0.2, 0.25) is 0 Å². The Bertz CT molecular complexity index is 1690. The number of aromatic hydroxyl groups is 2. The summed E-state index contributed by atoms with van der Waals surface area (Å²) in [6.45, 7) is -0.818. The van der Waals surface area contributed by atoms with Gasteiger partial charge in [0.1, 0.15) is 22.8 Å². The number of nitrogens with two attached hydrogens (primary N) is 1. The van der Waals surface area contributed by atoms with E-state index in [-0.39, 0.29) is 39.5 Å². The van der Waals surface area contributed by atoms with E-state index in [1.165, 1.54) is 52.4 Å². The van der Waals surface area contributed by atoms with E-state index in [2.05, 4.69) is 20.4 Å². The summed E-state index contributed by atoms with van der Waals surface area (Å²) in [6.07, 6.45) is 0. The SMILES string of the molecule is Nc1nc(C(=NOCC(=O)O)C(=O)N[C@@H]2C(=O)N3C(C(=O)O)=C(CSc4nc(-c5ccc(O)c(O)c5)cs4)CS[C@@H]23)cs1. The number of phenols is 2. The molecule has 5 rings (SSSR count). The predicted molar refractivity (Wildman–Crippen MR) is 158 cm³/mol. The third kappa shape index (κ3) is 6.38. The van der Waals surface area contributed by atoms with Crippen LogP contribution in [0.15, 0.2) is 49.7 Å². The number of nitrogen functional groups attached to an aromatic ring is 1. The molecule has 0 bridgehead atoms. The van der Waals surface area contributed by atoms with Crippen LogP contribution in [-0.4, -0.2) is 94.3 Å². The number of thioether (sulfide) groups is 2. The average Bonchev–Trinajstić information content (AvgIpc) is 3.62. The second kappa shape index (κ2) is 12.5. The van der Waals surface area contributed by atoms with Crippen molar-refractivity contribution in [1.29, 1.82) is 0 Å². The van der Waals surface area contributed by atoms with Crippen molar-refractivity contribution in [2.45, 2.75) is 15.8 Å². The van der Waals surface area contributed by atoms with Gasteiger partial charge in [0, 0.05) is 27.8 Å². The fourth-order valence-corrected chi connectivity index (χ4v) is 7.91. The summed E-state index contributed by atoms with van der Waals surface area (Å²) < 4.78 is 0.631. The summed E-state index contributed by atoms with van der Waals surface area (Å²) in [4.78, 5) is 63.5. The summed E-state index contributed by atoms with van der Waals surface area (Å²) in [5, 5.41) is 46.8. The van der Waals surface area contributed by atoms with Crippen LogP contribution < -0.4 is 11.1 Å². The lowest BCUT2D eigenvalue weighted by atomic mass is 10.0. The van der Waals surface area contributed by atoms with E-state index in [0.717, 1.165) is 16.2 Å². The van der Waals surface area contributed by atoms with E-state index >= 15 is 0 Å². The highest BCUT2D eigenvalue weighted by molar-refractivity contribution is 8.01.